The molecule has 2 N–H and O–H groups in total. The molecule has 0 aromatic carbocycles. The maximum atomic E-state index is 13.3. The number of alkyl halides is 2. The maximum Gasteiger partial charge on any atom is 0.281 e. The molecule has 148 valence electrons. The number of morpholine rings is 1. The van der Waals surface area contributed by atoms with E-state index in [1.54, 1.807) is 10.6 Å². The molecule has 5 rings (SSSR count). The lowest BCUT2D eigenvalue weighted by Gasteiger charge is -2.28. The summed E-state index contributed by atoms with van der Waals surface area (Å²) in [6.07, 6.45) is 1.86. The minimum absolute atomic E-state index is 0.225. The van der Waals surface area contributed by atoms with Gasteiger partial charge in [0.25, 0.3) is 6.43 Å². The quantitative estimate of drug-likeness (QED) is 0.568. The molecule has 0 saturated carbocycles. The van der Waals surface area contributed by atoms with Crippen LogP contribution in [0.2, 0.25) is 0 Å². The Labute approximate surface area is 163 Å². The monoisotopic (exact) mass is 397 g/mol. The second-order valence-corrected chi connectivity index (χ2v) is 6.74. The Morgan fingerprint density at radius 2 is 1.90 bits per heavy atom. The summed E-state index contributed by atoms with van der Waals surface area (Å²) in [5, 5.41) is 5.28. The van der Waals surface area contributed by atoms with Crippen LogP contribution in [0.5, 0.6) is 0 Å². The molecule has 1 aliphatic heterocycles. The number of pyridine rings is 3. The number of ether oxygens (including phenoxy) is 1. The first kappa shape index (κ1) is 17.7. The molecule has 4 aromatic rings. The molecule has 29 heavy (non-hydrogen) atoms. The van der Waals surface area contributed by atoms with Crippen LogP contribution in [-0.4, -0.2) is 50.9 Å². The molecule has 8 nitrogen and oxygen atoms in total. The van der Waals surface area contributed by atoms with Crippen LogP contribution in [0.3, 0.4) is 0 Å². The van der Waals surface area contributed by atoms with Gasteiger partial charge in [0.1, 0.15) is 11.5 Å². The van der Waals surface area contributed by atoms with Crippen LogP contribution in [0.25, 0.3) is 27.8 Å². The van der Waals surface area contributed by atoms with Crippen molar-refractivity contribution < 1.29 is 13.5 Å². The maximum absolute atomic E-state index is 13.3. The van der Waals surface area contributed by atoms with Gasteiger partial charge in [0.15, 0.2) is 11.5 Å². The molecule has 10 heteroatoms. The van der Waals surface area contributed by atoms with Gasteiger partial charge in [0.2, 0.25) is 0 Å². The number of nitrogen functional groups attached to an aromatic ring is 1. The van der Waals surface area contributed by atoms with Crippen molar-refractivity contribution in [2.75, 3.05) is 36.9 Å². The third-order valence-electron chi connectivity index (χ3n) is 4.96. The summed E-state index contributed by atoms with van der Waals surface area (Å²) in [7, 11) is 0. The van der Waals surface area contributed by atoms with Gasteiger partial charge in [0, 0.05) is 41.8 Å². The third kappa shape index (κ3) is 3.11. The van der Waals surface area contributed by atoms with Gasteiger partial charge < -0.3 is 15.4 Å². The number of aromatic nitrogens is 5. The molecule has 0 spiro atoms. The van der Waals surface area contributed by atoms with Crippen LogP contribution in [-0.2, 0) is 4.74 Å². The van der Waals surface area contributed by atoms with Crippen molar-refractivity contribution in [1.29, 1.82) is 0 Å². The van der Waals surface area contributed by atoms with Gasteiger partial charge in [-0.2, -0.15) is 0 Å². The van der Waals surface area contributed by atoms with Crippen LogP contribution < -0.4 is 10.6 Å². The van der Waals surface area contributed by atoms with Gasteiger partial charge in [0.05, 0.1) is 25.1 Å². The molecule has 0 atom stereocenters. The Balaban J connectivity index is 1.62. The fourth-order valence-electron chi connectivity index (χ4n) is 3.52. The van der Waals surface area contributed by atoms with E-state index in [-0.39, 0.29) is 16.9 Å². The Hall–Kier alpha value is -3.40. The summed E-state index contributed by atoms with van der Waals surface area (Å²) < 4.78 is 33.8. The molecule has 0 radical (unpaired) electrons. The summed E-state index contributed by atoms with van der Waals surface area (Å²) in [6, 6.07) is 5.40. The highest BCUT2D eigenvalue weighted by Gasteiger charge is 2.19. The lowest BCUT2D eigenvalue weighted by Crippen LogP contribution is -2.36. The van der Waals surface area contributed by atoms with Crippen molar-refractivity contribution in [3.63, 3.8) is 0 Å². The van der Waals surface area contributed by atoms with Crippen molar-refractivity contribution in [2.45, 2.75) is 6.43 Å². The van der Waals surface area contributed by atoms with E-state index in [1.807, 2.05) is 18.3 Å². The van der Waals surface area contributed by atoms with Crippen LogP contribution in [0.15, 0.2) is 36.8 Å². The van der Waals surface area contributed by atoms with Gasteiger partial charge in [-0.05, 0) is 18.2 Å². The molecule has 0 aliphatic carbocycles. The first-order valence-electron chi connectivity index (χ1n) is 9.12. The van der Waals surface area contributed by atoms with Crippen molar-refractivity contribution in [3.05, 3.63) is 42.5 Å². The Bertz CT molecular complexity index is 1200. The standard InChI is InChI=1S/C19H17F2N7O/c20-18(21)17-13-8-23-15(22)7-12(13)14(9-24-17)19-25-16-2-1-11(10-28(16)26-19)27-3-5-29-6-4-27/h1-2,7-10,18H,3-6H2,(H2,22,23). The third-order valence-corrected chi connectivity index (χ3v) is 4.96. The molecule has 0 bridgehead atoms. The number of halogens is 2. The summed E-state index contributed by atoms with van der Waals surface area (Å²) in [5.74, 6) is 0.608. The molecule has 4 aromatic heterocycles. The van der Waals surface area contributed by atoms with Gasteiger partial charge in [-0.25, -0.2) is 23.3 Å². The van der Waals surface area contributed by atoms with Crippen molar-refractivity contribution in [1.82, 2.24) is 24.6 Å². The SMILES string of the molecule is Nc1cc2c(-c3nc4ccc(N5CCOCC5)cn4n3)cnc(C(F)F)c2cn1. The molecule has 0 unspecified atom stereocenters. The molecule has 0 amide bonds. The molecule has 5 heterocycles. The van der Waals surface area contributed by atoms with Crippen LogP contribution >= 0.6 is 0 Å². The Morgan fingerprint density at radius 1 is 1.07 bits per heavy atom. The van der Waals surface area contributed by atoms with Gasteiger partial charge in [-0.1, -0.05) is 0 Å². The van der Waals surface area contributed by atoms with Crippen molar-refractivity contribution in [2.24, 2.45) is 0 Å². The first-order valence-corrected chi connectivity index (χ1v) is 9.12. The number of nitrogens with zero attached hydrogens (tertiary/aromatic N) is 6. The van der Waals surface area contributed by atoms with Crippen molar-refractivity contribution >= 4 is 27.9 Å². The average Bonchev–Trinajstić information content (AvgIpc) is 3.16. The van der Waals surface area contributed by atoms with E-state index in [9.17, 15) is 8.78 Å². The summed E-state index contributed by atoms with van der Waals surface area (Å²) in [4.78, 5) is 14.6. The molecule has 1 fully saturated rings. The Kier molecular flexibility index (Phi) is 4.20. The average molecular weight is 397 g/mol. The van der Waals surface area contributed by atoms with E-state index in [0.29, 0.717) is 35.6 Å². The van der Waals surface area contributed by atoms with E-state index in [1.165, 1.54) is 12.4 Å². The topological polar surface area (TPSA) is 94.5 Å². The molecule has 1 aliphatic rings. The van der Waals surface area contributed by atoms with E-state index >= 15 is 0 Å². The fraction of sp³-hybridized carbons (Fsp3) is 0.263. The normalized spacial score (nSPS) is 14.9. The van der Waals surface area contributed by atoms with Gasteiger partial charge >= 0.3 is 0 Å². The summed E-state index contributed by atoms with van der Waals surface area (Å²) >= 11 is 0. The molecular formula is C19H17F2N7O. The lowest BCUT2D eigenvalue weighted by atomic mass is 10.1. The van der Waals surface area contributed by atoms with Crippen molar-refractivity contribution in [3.8, 4) is 11.4 Å². The fourth-order valence-corrected chi connectivity index (χ4v) is 3.52. The zero-order valence-corrected chi connectivity index (χ0v) is 15.3. The molecule has 1 saturated heterocycles. The second kappa shape index (κ2) is 6.89. The van der Waals surface area contributed by atoms with Gasteiger partial charge in [-0.15, -0.1) is 5.10 Å². The summed E-state index contributed by atoms with van der Waals surface area (Å²) in [5.41, 5.74) is 7.64. The van der Waals surface area contributed by atoms with E-state index < -0.39 is 6.43 Å². The van der Waals surface area contributed by atoms with E-state index in [0.717, 1.165) is 18.8 Å². The number of hydrogen-bond donors (Lipinski definition) is 1. The zero-order valence-electron chi connectivity index (χ0n) is 15.3. The number of rotatable bonds is 3. The second-order valence-electron chi connectivity index (χ2n) is 6.74. The smallest absolute Gasteiger partial charge is 0.281 e. The lowest BCUT2D eigenvalue weighted by molar-refractivity contribution is 0.122. The summed E-state index contributed by atoms with van der Waals surface area (Å²) in [6.45, 7) is 2.99. The largest absolute Gasteiger partial charge is 0.384 e. The molecular weight excluding hydrogens is 380 g/mol. The van der Waals surface area contributed by atoms with E-state index in [4.69, 9.17) is 10.5 Å². The zero-order chi connectivity index (χ0) is 20.0. The minimum Gasteiger partial charge on any atom is -0.384 e. The van der Waals surface area contributed by atoms with Crippen LogP contribution in [0, 0.1) is 0 Å². The predicted octanol–water partition coefficient (Wildman–Crippen LogP) is 2.70. The van der Waals surface area contributed by atoms with Gasteiger partial charge in [-0.3, -0.25) is 4.98 Å². The van der Waals surface area contributed by atoms with Crippen LogP contribution in [0.1, 0.15) is 12.1 Å². The first-order chi connectivity index (χ1) is 14.1. The number of hydrogen-bond acceptors (Lipinski definition) is 7. The van der Waals surface area contributed by atoms with E-state index in [2.05, 4.69) is 25.0 Å². The number of nitrogens with two attached hydrogens (primary N) is 1. The highest BCUT2D eigenvalue weighted by atomic mass is 19.3. The Morgan fingerprint density at radius 3 is 2.69 bits per heavy atom. The minimum atomic E-state index is -2.72. The predicted molar refractivity (Wildman–Crippen MR) is 104 cm³/mol. The highest BCUT2D eigenvalue weighted by Crippen LogP contribution is 2.32. The number of anilines is 2. The number of fused-ring (bicyclic) bond motifs is 2. The highest BCUT2D eigenvalue weighted by molar-refractivity contribution is 5.97. The van der Waals surface area contributed by atoms with Crippen LogP contribution in [0.4, 0.5) is 20.3 Å².